The molecule has 7 heteroatoms. The van der Waals surface area contributed by atoms with Gasteiger partial charge in [-0.25, -0.2) is 13.1 Å². The Bertz CT molecular complexity index is 536. The summed E-state index contributed by atoms with van der Waals surface area (Å²) in [4.78, 5) is 0.255. The van der Waals surface area contributed by atoms with Crippen molar-refractivity contribution in [2.45, 2.75) is 34.9 Å². The fourth-order valence-corrected chi connectivity index (χ4v) is 4.69. The van der Waals surface area contributed by atoms with E-state index in [9.17, 15) is 8.42 Å². The molecule has 0 radical (unpaired) electrons. The van der Waals surface area contributed by atoms with E-state index >= 15 is 0 Å². The Morgan fingerprint density at radius 1 is 1.22 bits per heavy atom. The monoisotopic (exact) mass is 461 g/mol. The molecule has 0 aliphatic carbocycles. The molecule has 0 atom stereocenters. The lowest BCUT2D eigenvalue weighted by Crippen LogP contribution is -2.40. The number of hydrogen-bond acceptors (Lipinski definition) is 2. The third kappa shape index (κ3) is 4.59. The molecule has 0 aromatic heterocycles. The Morgan fingerprint density at radius 2 is 1.78 bits per heavy atom. The van der Waals surface area contributed by atoms with Crippen molar-refractivity contribution in [2.75, 3.05) is 0 Å². The summed E-state index contributed by atoms with van der Waals surface area (Å²) < 4.78 is 27.9. The van der Waals surface area contributed by atoms with Gasteiger partial charge in [0.05, 0.1) is 8.63 Å². The van der Waals surface area contributed by atoms with Gasteiger partial charge in [0.2, 0.25) is 10.0 Å². The minimum Gasteiger partial charge on any atom is -0.207 e. The molecule has 1 rings (SSSR count). The quantitative estimate of drug-likeness (QED) is 0.679. The third-order valence-electron chi connectivity index (χ3n) is 1.94. The van der Waals surface area contributed by atoms with Crippen LogP contribution in [0, 0.1) is 0 Å². The molecule has 0 aliphatic heterocycles. The summed E-state index contributed by atoms with van der Waals surface area (Å²) in [5.41, 5.74) is 0.141. The maximum atomic E-state index is 12.4. The van der Waals surface area contributed by atoms with Gasteiger partial charge in [-0.05, 0) is 38.5 Å². The predicted octanol–water partition coefficient (Wildman–Crippen LogP) is 4.31. The van der Waals surface area contributed by atoms with Gasteiger partial charge in [-0.3, -0.25) is 0 Å². The van der Waals surface area contributed by atoms with Crippen LogP contribution in [0.4, 0.5) is 0 Å². The fraction of sp³-hybridized carbons (Fsp3) is 0.455. The van der Waals surface area contributed by atoms with Gasteiger partial charge in [0.1, 0.15) is 0 Å². The molecular formula is C11H14Br3NO2S. The van der Waals surface area contributed by atoms with Crippen LogP contribution in [0.1, 0.15) is 30.1 Å². The molecule has 0 aliphatic rings. The summed E-state index contributed by atoms with van der Waals surface area (Å²) >= 11 is 9.97. The predicted molar refractivity (Wildman–Crippen MR) is 84.8 cm³/mol. The number of alkyl halides is 2. The summed E-state index contributed by atoms with van der Waals surface area (Å²) in [6, 6.07) is 5.16. The maximum absolute atomic E-state index is 12.4. The molecule has 18 heavy (non-hydrogen) atoms. The molecule has 0 unspecified atom stereocenters. The zero-order valence-corrected chi connectivity index (χ0v) is 15.7. The molecule has 102 valence electrons. The van der Waals surface area contributed by atoms with Crippen LogP contribution in [0.5, 0.6) is 0 Å². The van der Waals surface area contributed by atoms with Crippen LogP contribution in [-0.4, -0.2) is 14.0 Å². The summed E-state index contributed by atoms with van der Waals surface area (Å²) in [7, 11) is -3.56. The smallest absolute Gasteiger partial charge is 0.207 e. The highest BCUT2D eigenvalue weighted by atomic mass is 79.9. The van der Waals surface area contributed by atoms with Crippen LogP contribution < -0.4 is 4.72 Å². The molecule has 0 spiro atoms. The highest BCUT2D eigenvalue weighted by Gasteiger charge is 2.26. The molecule has 0 fully saturated rings. The number of rotatable bonds is 3. The second-order valence-electron chi connectivity index (χ2n) is 4.84. The number of sulfonamides is 1. The van der Waals surface area contributed by atoms with Crippen molar-refractivity contribution in [3.05, 3.63) is 28.2 Å². The largest absolute Gasteiger partial charge is 0.241 e. The minimum absolute atomic E-state index is 0.218. The van der Waals surface area contributed by atoms with Crippen molar-refractivity contribution in [1.29, 1.82) is 0 Å². The van der Waals surface area contributed by atoms with Gasteiger partial charge in [-0.1, -0.05) is 53.9 Å². The first-order valence-corrected chi connectivity index (χ1v) is 9.25. The first-order valence-electron chi connectivity index (χ1n) is 5.14. The van der Waals surface area contributed by atoms with E-state index in [1.54, 1.807) is 18.2 Å². The molecule has 0 bridgehead atoms. The Kier molecular flexibility index (Phi) is 5.46. The topological polar surface area (TPSA) is 46.2 Å². The molecule has 1 aromatic carbocycles. The lowest BCUT2D eigenvalue weighted by atomic mass is 10.1. The van der Waals surface area contributed by atoms with E-state index in [1.165, 1.54) is 0 Å². The molecule has 0 saturated carbocycles. The van der Waals surface area contributed by atoms with Crippen LogP contribution in [0.15, 0.2) is 27.6 Å². The summed E-state index contributed by atoms with van der Waals surface area (Å²) in [5.74, 6) is 0. The first kappa shape index (κ1) is 16.6. The van der Waals surface area contributed by atoms with Gasteiger partial charge in [0, 0.05) is 10.0 Å². The molecular weight excluding hydrogens is 450 g/mol. The van der Waals surface area contributed by atoms with Crippen molar-refractivity contribution in [3.8, 4) is 0 Å². The lowest BCUT2D eigenvalue weighted by molar-refractivity contribution is 0.491. The molecule has 1 N–H and O–H groups in total. The normalized spacial score (nSPS) is 13.1. The number of benzene rings is 1. The van der Waals surface area contributed by atoms with E-state index in [2.05, 4.69) is 52.5 Å². The average Bonchev–Trinajstić information content (AvgIpc) is 2.13. The number of nitrogens with one attached hydrogen (secondary N) is 1. The zero-order chi connectivity index (χ0) is 14.1. The SMILES string of the molecule is CC(C)(C)NS(=O)(=O)c1cc(Br)ccc1C(Br)Br. The molecule has 1 aromatic rings. The van der Waals surface area contributed by atoms with E-state index < -0.39 is 15.6 Å². The Labute approximate surface area is 133 Å². The van der Waals surface area contributed by atoms with Gasteiger partial charge in [-0.2, -0.15) is 0 Å². The van der Waals surface area contributed by atoms with Crippen LogP contribution in [-0.2, 0) is 10.0 Å². The van der Waals surface area contributed by atoms with Crippen LogP contribution in [0.25, 0.3) is 0 Å². The second kappa shape index (κ2) is 5.91. The van der Waals surface area contributed by atoms with E-state index in [0.29, 0.717) is 5.56 Å². The zero-order valence-electron chi connectivity index (χ0n) is 10.2. The second-order valence-corrected chi connectivity index (χ2v) is 10.5. The van der Waals surface area contributed by atoms with Crippen molar-refractivity contribution in [1.82, 2.24) is 4.72 Å². The summed E-state index contributed by atoms with van der Waals surface area (Å²) in [6.45, 7) is 5.42. The lowest BCUT2D eigenvalue weighted by Gasteiger charge is -2.22. The molecule has 0 saturated heterocycles. The van der Waals surface area contributed by atoms with Crippen LogP contribution in [0.3, 0.4) is 0 Å². The number of hydrogen-bond donors (Lipinski definition) is 1. The van der Waals surface area contributed by atoms with Gasteiger partial charge < -0.3 is 0 Å². The highest BCUT2D eigenvalue weighted by Crippen LogP contribution is 2.35. The third-order valence-corrected chi connectivity index (χ3v) is 5.23. The minimum atomic E-state index is -3.56. The fourth-order valence-electron chi connectivity index (χ4n) is 1.38. The van der Waals surface area contributed by atoms with E-state index in [4.69, 9.17) is 0 Å². The maximum Gasteiger partial charge on any atom is 0.241 e. The van der Waals surface area contributed by atoms with Crippen molar-refractivity contribution in [2.24, 2.45) is 0 Å². The highest BCUT2D eigenvalue weighted by molar-refractivity contribution is 9.24. The van der Waals surface area contributed by atoms with Crippen molar-refractivity contribution < 1.29 is 8.42 Å². The van der Waals surface area contributed by atoms with E-state index in [0.717, 1.165) is 4.47 Å². The molecule has 0 heterocycles. The van der Waals surface area contributed by atoms with Crippen molar-refractivity contribution in [3.63, 3.8) is 0 Å². The van der Waals surface area contributed by atoms with Gasteiger partial charge in [0.15, 0.2) is 0 Å². The van der Waals surface area contributed by atoms with E-state index in [-0.39, 0.29) is 8.63 Å². The Balaban J connectivity index is 3.35. The average molecular weight is 464 g/mol. The van der Waals surface area contributed by atoms with Gasteiger partial charge in [0.25, 0.3) is 0 Å². The Morgan fingerprint density at radius 3 is 2.22 bits per heavy atom. The standard InChI is InChI=1S/C11H14Br3NO2S/c1-11(2,3)15-18(16,17)9-6-7(12)4-5-8(9)10(13)14/h4-6,10,15H,1-3H3. The van der Waals surface area contributed by atoms with Gasteiger partial charge in [-0.15, -0.1) is 0 Å². The Hall–Kier alpha value is 0.570. The van der Waals surface area contributed by atoms with Crippen LogP contribution in [0.2, 0.25) is 0 Å². The summed E-state index contributed by atoms with van der Waals surface area (Å²) in [6.07, 6.45) is 0. The van der Waals surface area contributed by atoms with Crippen LogP contribution >= 0.6 is 47.8 Å². The first-order chi connectivity index (χ1) is 8.03. The van der Waals surface area contributed by atoms with Gasteiger partial charge >= 0.3 is 0 Å². The van der Waals surface area contributed by atoms with E-state index in [1.807, 2.05) is 20.8 Å². The number of halogens is 3. The summed E-state index contributed by atoms with van der Waals surface area (Å²) in [5, 5.41) is 0. The van der Waals surface area contributed by atoms with Crippen molar-refractivity contribution >= 4 is 57.8 Å². The molecule has 0 amide bonds. The molecule has 3 nitrogen and oxygen atoms in total.